The Bertz CT molecular complexity index is 808. The van der Waals surface area contributed by atoms with Crippen LogP contribution in [0.15, 0.2) is 53.7 Å². The van der Waals surface area contributed by atoms with E-state index in [1.54, 1.807) is 14.2 Å². The molecule has 0 atom stereocenters. The third-order valence-corrected chi connectivity index (χ3v) is 4.20. The van der Waals surface area contributed by atoms with Crippen molar-refractivity contribution in [1.82, 2.24) is 9.55 Å². The molecule has 0 saturated carbocycles. The van der Waals surface area contributed by atoms with E-state index in [4.69, 9.17) is 9.47 Å². The second kappa shape index (κ2) is 6.38. The molecule has 0 aliphatic rings. The Balaban J connectivity index is 2.11. The minimum Gasteiger partial charge on any atom is -0.497 e. The standard InChI is InChI=1S/C18H18N2O2S/c1-20-17(13-6-10-15(22-3)11-7-13)16(19-18(20)23)12-4-8-14(21-2)9-5-12/h4-11H,1-3H3,(H,19,23). The summed E-state index contributed by atoms with van der Waals surface area (Å²) in [6.07, 6.45) is 0. The van der Waals surface area contributed by atoms with Crippen molar-refractivity contribution in [2.24, 2.45) is 7.05 Å². The predicted octanol–water partition coefficient (Wildman–Crippen LogP) is 4.06. The zero-order valence-corrected chi connectivity index (χ0v) is 14.2. The number of rotatable bonds is 4. The molecule has 1 heterocycles. The molecule has 0 saturated heterocycles. The molecule has 0 radical (unpaired) electrons. The number of aromatic nitrogens is 2. The van der Waals surface area contributed by atoms with Crippen molar-refractivity contribution in [3.05, 3.63) is 48.5 Å². The van der Waals surface area contributed by atoms with Gasteiger partial charge in [-0.1, -0.05) is 0 Å². The smallest absolute Gasteiger partial charge is 0.165 e. The molecule has 3 rings (SSSR count). The van der Waals surface area contributed by atoms with E-state index in [2.05, 4.69) is 17.6 Å². The molecule has 2 aromatic carbocycles. The fraction of sp³-hybridized carbons (Fsp3) is 0.167. The molecule has 0 aliphatic heterocycles. The van der Waals surface area contributed by atoms with E-state index in [1.165, 1.54) is 0 Å². The van der Waals surface area contributed by atoms with Gasteiger partial charge in [-0.15, -0.1) is 12.6 Å². The van der Waals surface area contributed by atoms with Crippen LogP contribution >= 0.6 is 12.6 Å². The molecule has 0 bridgehead atoms. The average Bonchev–Trinajstić information content (AvgIpc) is 2.90. The number of nitrogens with zero attached hydrogens (tertiary/aromatic N) is 2. The fourth-order valence-corrected chi connectivity index (χ4v) is 2.72. The van der Waals surface area contributed by atoms with Crippen molar-refractivity contribution < 1.29 is 9.47 Å². The first-order chi connectivity index (χ1) is 11.1. The Morgan fingerprint density at radius 3 is 1.78 bits per heavy atom. The Morgan fingerprint density at radius 2 is 1.30 bits per heavy atom. The summed E-state index contributed by atoms with van der Waals surface area (Å²) in [4.78, 5) is 4.61. The zero-order chi connectivity index (χ0) is 16.4. The molecular weight excluding hydrogens is 308 g/mol. The second-order valence-corrected chi connectivity index (χ2v) is 5.53. The van der Waals surface area contributed by atoms with E-state index < -0.39 is 0 Å². The number of imidazole rings is 1. The normalized spacial score (nSPS) is 10.6. The highest BCUT2D eigenvalue weighted by Gasteiger charge is 2.16. The average molecular weight is 326 g/mol. The van der Waals surface area contributed by atoms with Crippen LogP contribution in [0.2, 0.25) is 0 Å². The van der Waals surface area contributed by atoms with E-state index in [-0.39, 0.29) is 0 Å². The molecule has 0 spiro atoms. The van der Waals surface area contributed by atoms with Crippen molar-refractivity contribution in [3.8, 4) is 34.0 Å². The van der Waals surface area contributed by atoms with Crippen molar-refractivity contribution in [3.63, 3.8) is 0 Å². The first-order valence-electron chi connectivity index (χ1n) is 7.18. The predicted molar refractivity (Wildman–Crippen MR) is 94.4 cm³/mol. The number of thiol groups is 1. The van der Waals surface area contributed by atoms with Crippen LogP contribution in [-0.4, -0.2) is 23.8 Å². The lowest BCUT2D eigenvalue weighted by Gasteiger charge is -2.08. The van der Waals surface area contributed by atoms with Crippen LogP contribution in [-0.2, 0) is 7.05 Å². The Morgan fingerprint density at radius 1 is 0.826 bits per heavy atom. The fourth-order valence-electron chi connectivity index (χ4n) is 2.52. The molecular formula is C18H18N2O2S. The van der Waals surface area contributed by atoms with Crippen molar-refractivity contribution in [2.45, 2.75) is 5.16 Å². The van der Waals surface area contributed by atoms with Crippen LogP contribution in [0.4, 0.5) is 0 Å². The minimum atomic E-state index is 0.668. The van der Waals surface area contributed by atoms with Gasteiger partial charge in [0.1, 0.15) is 11.5 Å². The van der Waals surface area contributed by atoms with Crippen LogP contribution in [0.5, 0.6) is 11.5 Å². The minimum absolute atomic E-state index is 0.668. The van der Waals surface area contributed by atoms with Gasteiger partial charge in [-0.3, -0.25) is 0 Å². The summed E-state index contributed by atoms with van der Waals surface area (Å²) in [5, 5.41) is 0.668. The molecule has 0 aliphatic carbocycles. The molecule has 23 heavy (non-hydrogen) atoms. The van der Waals surface area contributed by atoms with Gasteiger partial charge in [-0.2, -0.15) is 0 Å². The maximum atomic E-state index is 5.23. The summed E-state index contributed by atoms with van der Waals surface area (Å²) in [6.45, 7) is 0. The maximum Gasteiger partial charge on any atom is 0.165 e. The first kappa shape index (κ1) is 15.5. The lowest BCUT2D eigenvalue weighted by molar-refractivity contribution is 0.414. The van der Waals surface area contributed by atoms with E-state index in [0.717, 1.165) is 34.0 Å². The Hall–Kier alpha value is -2.40. The molecule has 118 valence electrons. The highest BCUT2D eigenvalue weighted by atomic mass is 32.1. The summed E-state index contributed by atoms with van der Waals surface area (Å²) in [5.74, 6) is 1.65. The summed E-state index contributed by atoms with van der Waals surface area (Å²) in [7, 11) is 5.28. The van der Waals surface area contributed by atoms with E-state index in [0.29, 0.717) is 5.16 Å². The van der Waals surface area contributed by atoms with Crippen LogP contribution in [0.25, 0.3) is 22.5 Å². The maximum absolute atomic E-state index is 5.23. The van der Waals surface area contributed by atoms with Gasteiger partial charge in [0, 0.05) is 18.2 Å². The van der Waals surface area contributed by atoms with E-state index in [9.17, 15) is 0 Å². The SMILES string of the molecule is COc1ccc(-c2nc(S)n(C)c2-c2ccc(OC)cc2)cc1. The third kappa shape index (κ3) is 2.92. The van der Waals surface area contributed by atoms with Gasteiger partial charge in [-0.05, 0) is 48.5 Å². The first-order valence-corrected chi connectivity index (χ1v) is 7.63. The largest absolute Gasteiger partial charge is 0.497 e. The zero-order valence-electron chi connectivity index (χ0n) is 13.3. The summed E-state index contributed by atoms with van der Waals surface area (Å²) in [5.41, 5.74) is 3.99. The van der Waals surface area contributed by atoms with Gasteiger partial charge in [-0.25, -0.2) is 4.98 Å². The van der Waals surface area contributed by atoms with Gasteiger partial charge < -0.3 is 14.0 Å². The van der Waals surface area contributed by atoms with Crippen molar-refractivity contribution in [2.75, 3.05) is 14.2 Å². The second-order valence-electron chi connectivity index (χ2n) is 5.13. The molecule has 5 heteroatoms. The van der Waals surface area contributed by atoms with Crippen molar-refractivity contribution >= 4 is 12.6 Å². The van der Waals surface area contributed by atoms with Crippen LogP contribution < -0.4 is 9.47 Å². The lowest BCUT2D eigenvalue weighted by atomic mass is 10.0. The molecule has 0 fully saturated rings. The third-order valence-electron chi connectivity index (χ3n) is 3.80. The summed E-state index contributed by atoms with van der Waals surface area (Å²) < 4.78 is 12.4. The number of benzene rings is 2. The molecule has 0 unspecified atom stereocenters. The van der Waals surface area contributed by atoms with E-state index >= 15 is 0 Å². The van der Waals surface area contributed by atoms with Crippen LogP contribution in [0.3, 0.4) is 0 Å². The Kier molecular flexibility index (Phi) is 4.30. The van der Waals surface area contributed by atoms with E-state index in [1.807, 2.05) is 60.1 Å². The summed E-state index contributed by atoms with van der Waals surface area (Å²) >= 11 is 4.47. The summed E-state index contributed by atoms with van der Waals surface area (Å²) in [6, 6.07) is 15.8. The molecule has 4 nitrogen and oxygen atoms in total. The van der Waals surface area contributed by atoms with Gasteiger partial charge in [0.15, 0.2) is 5.16 Å². The van der Waals surface area contributed by atoms with Gasteiger partial charge in [0.25, 0.3) is 0 Å². The molecule has 0 amide bonds. The van der Waals surface area contributed by atoms with Crippen LogP contribution in [0, 0.1) is 0 Å². The van der Waals surface area contributed by atoms with Gasteiger partial charge in [0.2, 0.25) is 0 Å². The van der Waals surface area contributed by atoms with Gasteiger partial charge in [0.05, 0.1) is 25.6 Å². The molecule has 3 aromatic rings. The lowest BCUT2D eigenvalue weighted by Crippen LogP contribution is -1.93. The van der Waals surface area contributed by atoms with Gasteiger partial charge >= 0.3 is 0 Å². The topological polar surface area (TPSA) is 36.3 Å². The number of hydrogen-bond donors (Lipinski definition) is 1. The number of hydrogen-bond acceptors (Lipinski definition) is 4. The molecule has 0 N–H and O–H groups in total. The number of methoxy groups -OCH3 is 2. The van der Waals surface area contributed by atoms with Crippen molar-refractivity contribution in [1.29, 1.82) is 0 Å². The Labute approximate surface area is 141 Å². The number of ether oxygens (including phenoxy) is 2. The highest BCUT2D eigenvalue weighted by Crippen LogP contribution is 2.34. The monoisotopic (exact) mass is 326 g/mol. The molecule has 1 aromatic heterocycles. The van der Waals surface area contributed by atoms with Crippen LogP contribution in [0.1, 0.15) is 0 Å². The highest BCUT2D eigenvalue weighted by molar-refractivity contribution is 7.80. The quantitative estimate of drug-likeness (QED) is 0.735.